The Labute approximate surface area is 120 Å². The van der Waals surface area contributed by atoms with Crippen LogP contribution in [-0.4, -0.2) is 30.8 Å². The topological polar surface area (TPSA) is 51.4 Å². The number of hydrogen-bond acceptors (Lipinski definition) is 5. The van der Waals surface area contributed by atoms with Crippen LogP contribution in [0.3, 0.4) is 0 Å². The predicted octanol–water partition coefficient (Wildman–Crippen LogP) is 2.73. The van der Waals surface area contributed by atoms with Crippen molar-refractivity contribution < 1.29 is 4.74 Å². The van der Waals surface area contributed by atoms with Gasteiger partial charge in [-0.05, 0) is 25.7 Å². The molecule has 1 aromatic heterocycles. The summed E-state index contributed by atoms with van der Waals surface area (Å²) in [5.74, 6) is 0.435. The zero-order chi connectivity index (χ0) is 13.8. The average molecular weight is 283 g/mol. The summed E-state index contributed by atoms with van der Waals surface area (Å²) >= 11 is 1.74. The van der Waals surface area contributed by atoms with Gasteiger partial charge in [-0.2, -0.15) is 0 Å². The second-order valence-electron chi connectivity index (χ2n) is 5.34. The summed E-state index contributed by atoms with van der Waals surface area (Å²) in [5, 5.41) is 1.10. The van der Waals surface area contributed by atoms with Crippen LogP contribution in [-0.2, 0) is 11.3 Å². The maximum absolute atomic E-state index is 5.83. The molecule has 19 heavy (non-hydrogen) atoms. The molecule has 2 heterocycles. The van der Waals surface area contributed by atoms with E-state index in [0.717, 1.165) is 30.5 Å². The van der Waals surface area contributed by atoms with Crippen LogP contribution in [0.25, 0.3) is 0 Å². The molecule has 1 unspecified atom stereocenters. The fraction of sp³-hybridized carbons (Fsp3) is 0.786. The molecular formula is C14H25N3OS. The van der Waals surface area contributed by atoms with Gasteiger partial charge in [0.15, 0.2) is 5.13 Å². The van der Waals surface area contributed by atoms with Gasteiger partial charge in [0.1, 0.15) is 0 Å². The van der Waals surface area contributed by atoms with Crippen LogP contribution < -0.4 is 10.6 Å². The number of anilines is 1. The lowest BCUT2D eigenvalue weighted by Gasteiger charge is -2.23. The molecule has 2 rings (SSSR count). The van der Waals surface area contributed by atoms with E-state index >= 15 is 0 Å². The van der Waals surface area contributed by atoms with E-state index < -0.39 is 0 Å². The molecular weight excluding hydrogens is 258 g/mol. The van der Waals surface area contributed by atoms with Gasteiger partial charge >= 0.3 is 0 Å². The molecule has 0 amide bonds. The molecule has 1 aliphatic rings. The van der Waals surface area contributed by atoms with Crippen molar-refractivity contribution in [2.24, 2.45) is 5.73 Å². The Bertz CT molecular complexity index is 399. The smallest absolute Gasteiger partial charge is 0.185 e. The number of likely N-dealkylation sites (N-methyl/N-ethyl adjacent to an activating group) is 1. The third kappa shape index (κ3) is 3.46. The minimum Gasteiger partial charge on any atom is -0.376 e. The van der Waals surface area contributed by atoms with Crippen molar-refractivity contribution >= 4 is 16.5 Å². The van der Waals surface area contributed by atoms with Crippen molar-refractivity contribution in [3.8, 4) is 0 Å². The Kier molecular flexibility index (Phi) is 5.19. The molecule has 0 spiro atoms. The van der Waals surface area contributed by atoms with Gasteiger partial charge in [0.05, 0.1) is 11.8 Å². The third-order valence-corrected chi connectivity index (χ3v) is 4.70. The quantitative estimate of drug-likeness (QED) is 0.872. The Morgan fingerprint density at radius 3 is 2.79 bits per heavy atom. The first kappa shape index (κ1) is 14.8. The van der Waals surface area contributed by atoms with Crippen molar-refractivity contribution in [1.82, 2.24) is 4.98 Å². The van der Waals surface area contributed by atoms with Crippen LogP contribution in [0.5, 0.6) is 0 Å². The van der Waals surface area contributed by atoms with Gasteiger partial charge in [0.25, 0.3) is 0 Å². The Morgan fingerprint density at radius 2 is 2.32 bits per heavy atom. The highest BCUT2D eigenvalue weighted by atomic mass is 32.1. The lowest BCUT2D eigenvalue weighted by Crippen LogP contribution is -2.31. The number of rotatable bonds is 6. The Balaban J connectivity index is 2.13. The van der Waals surface area contributed by atoms with Crippen LogP contribution in [0.4, 0.5) is 5.13 Å². The molecule has 1 atom stereocenters. The first-order valence-electron chi connectivity index (χ1n) is 7.21. The maximum Gasteiger partial charge on any atom is 0.185 e. The van der Waals surface area contributed by atoms with E-state index in [2.05, 4.69) is 25.7 Å². The largest absolute Gasteiger partial charge is 0.376 e. The summed E-state index contributed by atoms with van der Waals surface area (Å²) in [7, 11) is 0. The predicted molar refractivity (Wildman–Crippen MR) is 81.0 cm³/mol. The number of aromatic nitrogens is 1. The monoisotopic (exact) mass is 283 g/mol. The molecule has 1 fully saturated rings. The van der Waals surface area contributed by atoms with Gasteiger partial charge < -0.3 is 15.4 Å². The fourth-order valence-electron chi connectivity index (χ4n) is 2.46. The van der Waals surface area contributed by atoms with Crippen molar-refractivity contribution in [3.63, 3.8) is 0 Å². The normalized spacial score (nSPS) is 19.3. The van der Waals surface area contributed by atoms with E-state index in [1.165, 1.54) is 17.7 Å². The van der Waals surface area contributed by atoms with E-state index in [-0.39, 0.29) is 0 Å². The summed E-state index contributed by atoms with van der Waals surface area (Å²) < 4.78 is 5.73. The highest BCUT2D eigenvalue weighted by Crippen LogP contribution is 2.31. The van der Waals surface area contributed by atoms with Gasteiger partial charge in [0.2, 0.25) is 0 Å². The summed E-state index contributed by atoms with van der Waals surface area (Å²) in [5.41, 5.74) is 6.99. The molecule has 0 aliphatic carbocycles. The minimum absolute atomic E-state index is 0.368. The highest BCUT2D eigenvalue weighted by molar-refractivity contribution is 7.15. The van der Waals surface area contributed by atoms with Gasteiger partial charge in [-0.1, -0.05) is 13.8 Å². The van der Waals surface area contributed by atoms with Crippen LogP contribution in [0.2, 0.25) is 0 Å². The number of nitrogens with zero attached hydrogens (tertiary/aromatic N) is 2. The molecule has 0 radical (unpaired) electrons. The van der Waals surface area contributed by atoms with E-state index in [0.29, 0.717) is 18.6 Å². The number of thiazole rings is 1. The van der Waals surface area contributed by atoms with E-state index in [9.17, 15) is 0 Å². The van der Waals surface area contributed by atoms with Gasteiger partial charge in [-0.3, -0.25) is 0 Å². The first-order valence-corrected chi connectivity index (χ1v) is 8.03. The summed E-state index contributed by atoms with van der Waals surface area (Å²) in [6.07, 6.45) is 2.72. The minimum atomic E-state index is 0.368. The number of nitrogens with two attached hydrogens (primary N) is 1. The fourth-order valence-corrected chi connectivity index (χ4v) is 3.63. The first-order chi connectivity index (χ1) is 9.15. The SMILES string of the molecule is CCN(CC1CCCO1)c1nc(C(C)C)c(CN)s1. The molecule has 0 aromatic carbocycles. The number of hydrogen-bond donors (Lipinski definition) is 1. The van der Waals surface area contributed by atoms with E-state index in [4.69, 9.17) is 15.5 Å². The number of ether oxygens (including phenoxy) is 1. The third-order valence-electron chi connectivity index (χ3n) is 3.55. The van der Waals surface area contributed by atoms with Crippen LogP contribution in [0.1, 0.15) is 50.1 Å². The summed E-state index contributed by atoms with van der Waals surface area (Å²) in [6, 6.07) is 0. The molecule has 108 valence electrons. The maximum atomic E-state index is 5.83. The molecule has 1 saturated heterocycles. The Morgan fingerprint density at radius 1 is 1.53 bits per heavy atom. The van der Waals surface area contributed by atoms with Crippen LogP contribution in [0, 0.1) is 0 Å². The van der Waals surface area contributed by atoms with Gasteiger partial charge in [-0.15, -0.1) is 11.3 Å². The average Bonchev–Trinajstić information content (AvgIpc) is 3.04. The molecule has 1 aromatic rings. The highest BCUT2D eigenvalue weighted by Gasteiger charge is 2.22. The second-order valence-corrected chi connectivity index (χ2v) is 6.40. The zero-order valence-corrected chi connectivity index (χ0v) is 13.0. The Hall–Kier alpha value is -0.650. The standard InChI is InChI=1S/C14H25N3OS/c1-4-17(9-11-6-5-7-18-11)14-16-13(10(2)3)12(8-15)19-14/h10-11H,4-9,15H2,1-3H3. The van der Waals surface area contributed by atoms with Crippen molar-refractivity contribution in [2.75, 3.05) is 24.6 Å². The molecule has 2 N–H and O–H groups in total. The summed E-state index contributed by atoms with van der Waals surface area (Å²) in [6.45, 7) is 9.94. The van der Waals surface area contributed by atoms with Crippen molar-refractivity contribution in [1.29, 1.82) is 0 Å². The lowest BCUT2D eigenvalue weighted by molar-refractivity contribution is 0.115. The van der Waals surface area contributed by atoms with Gasteiger partial charge in [-0.25, -0.2) is 4.98 Å². The molecule has 0 bridgehead atoms. The summed E-state index contributed by atoms with van der Waals surface area (Å²) in [4.78, 5) is 8.35. The van der Waals surface area contributed by atoms with Crippen molar-refractivity contribution in [2.45, 2.75) is 52.2 Å². The van der Waals surface area contributed by atoms with E-state index in [1.54, 1.807) is 11.3 Å². The van der Waals surface area contributed by atoms with Crippen LogP contribution >= 0.6 is 11.3 Å². The molecule has 4 nitrogen and oxygen atoms in total. The van der Waals surface area contributed by atoms with E-state index in [1.807, 2.05) is 0 Å². The lowest BCUT2D eigenvalue weighted by atomic mass is 10.1. The molecule has 0 saturated carbocycles. The van der Waals surface area contributed by atoms with Gasteiger partial charge in [0, 0.05) is 31.1 Å². The zero-order valence-electron chi connectivity index (χ0n) is 12.2. The molecule has 1 aliphatic heterocycles. The van der Waals surface area contributed by atoms with Crippen molar-refractivity contribution in [3.05, 3.63) is 10.6 Å². The second kappa shape index (κ2) is 6.68. The molecule has 5 heteroatoms. The van der Waals surface area contributed by atoms with Crippen LogP contribution in [0.15, 0.2) is 0 Å².